The lowest BCUT2D eigenvalue weighted by atomic mass is 9.75. The van der Waals surface area contributed by atoms with Crippen molar-refractivity contribution >= 4 is 17.8 Å². The molecule has 0 bridgehead atoms. The first-order valence-corrected chi connectivity index (χ1v) is 12.9. The number of amides is 1. The van der Waals surface area contributed by atoms with Gasteiger partial charge in [0.1, 0.15) is 6.04 Å². The van der Waals surface area contributed by atoms with E-state index in [4.69, 9.17) is 13.9 Å². The fourth-order valence-electron chi connectivity index (χ4n) is 4.79. The number of hydrogen-bond acceptors (Lipinski definition) is 7. The smallest absolute Gasteiger partial charge is 0.329 e. The summed E-state index contributed by atoms with van der Waals surface area (Å²) in [6, 6.07) is 8.47. The van der Waals surface area contributed by atoms with Crippen LogP contribution in [0.2, 0.25) is 0 Å². The monoisotopic (exact) mass is 514 g/mol. The first kappa shape index (κ1) is 28.4. The predicted molar refractivity (Wildman–Crippen MR) is 137 cm³/mol. The quantitative estimate of drug-likeness (QED) is 0.358. The molecule has 0 saturated heterocycles. The van der Waals surface area contributed by atoms with Gasteiger partial charge in [-0.05, 0) is 31.6 Å². The molecule has 1 heterocycles. The third-order valence-electron chi connectivity index (χ3n) is 6.84. The fraction of sp³-hybridized carbons (Fsp3) is 0.571. The molecule has 1 aliphatic carbocycles. The molecule has 1 aromatic carbocycles. The molecule has 1 aliphatic rings. The number of esters is 1. The van der Waals surface area contributed by atoms with Crippen molar-refractivity contribution < 1.29 is 33.4 Å². The number of benzene rings is 1. The lowest BCUT2D eigenvalue weighted by Crippen LogP contribution is -2.50. The highest BCUT2D eigenvalue weighted by Gasteiger charge is 2.45. The minimum Gasteiger partial charge on any atom is -0.481 e. The molecule has 0 unspecified atom stereocenters. The van der Waals surface area contributed by atoms with Gasteiger partial charge in [0, 0.05) is 19.3 Å². The van der Waals surface area contributed by atoms with Crippen LogP contribution < -0.4 is 5.32 Å². The SMILES string of the molecule is COCC[C@H](CC1(C(=O)N[C@@H](Cc2ncc(-c3ccccc3)o2)C(=O)OCC(C)C)CCCC1)C(=O)O. The number of aromatic nitrogens is 1. The molecule has 0 radical (unpaired) electrons. The van der Waals surface area contributed by atoms with Gasteiger partial charge in [-0.1, -0.05) is 57.0 Å². The number of nitrogens with zero attached hydrogens (tertiary/aromatic N) is 1. The maximum Gasteiger partial charge on any atom is 0.329 e. The van der Waals surface area contributed by atoms with Crippen LogP contribution in [0.3, 0.4) is 0 Å². The van der Waals surface area contributed by atoms with E-state index in [9.17, 15) is 19.5 Å². The lowest BCUT2D eigenvalue weighted by Gasteiger charge is -2.32. The molecule has 2 aromatic rings. The molecular weight excluding hydrogens is 476 g/mol. The van der Waals surface area contributed by atoms with E-state index in [-0.39, 0.29) is 31.3 Å². The topological polar surface area (TPSA) is 128 Å². The number of methoxy groups -OCH3 is 1. The van der Waals surface area contributed by atoms with E-state index in [1.807, 2.05) is 44.2 Å². The molecule has 1 amide bonds. The third-order valence-corrected chi connectivity index (χ3v) is 6.84. The van der Waals surface area contributed by atoms with Gasteiger partial charge in [0.25, 0.3) is 0 Å². The first-order chi connectivity index (χ1) is 17.7. The Morgan fingerprint density at radius 3 is 2.49 bits per heavy atom. The van der Waals surface area contributed by atoms with E-state index in [1.165, 1.54) is 7.11 Å². The number of ether oxygens (including phenoxy) is 2. The average molecular weight is 515 g/mol. The molecule has 2 N–H and O–H groups in total. The minimum atomic E-state index is -1.01. The van der Waals surface area contributed by atoms with Crippen LogP contribution in [0.1, 0.15) is 58.3 Å². The second-order valence-electron chi connectivity index (χ2n) is 10.2. The molecule has 0 aliphatic heterocycles. The van der Waals surface area contributed by atoms with Gasteiger partial charge < -0.3 is 24.3 Å². The summed E-state index contributed by atoms with van der Waals surface area (Å²) in [6.07, 6.45) is 4.93. The lowest BCUT2D eigenvalue weighted by molar-refractivity contribution is -0.151. The molecule has 1 aromatic heterocycles. The Labute approximate surface area is 217 Å². The molecule has 37 heavy (non-hydrogen) atoms. The van der Waals surface area contributed by atoms with Gasteiger partial charge in [-0.25, -0.2) is 9.78 Å². The maximum atomic E-state index is 13.7. The van der Waals surface area contributed by atoms with Crippen LogP contribution in [0.4, 0.5) is 0 Å². The summed E-state index contributed by atoms with van der Waals surface area (Å²) < 4.78 is 16.4. The highest BCUT2D eigenvalue weighted by molar-refractivity contribution is 5.89. The molecule has 3 rings (SSSR count). The Morgan fingerprint density at radius 1 is 1.16 bits per heavy atom. The van der Waals surface area contributed by atoms with Crippen molar-refractivity contribution in [1.82, 2.24) is 10.3 Å². The number of rotatable bonds is 14. The van der Waals surface area contributed by atoms with Crippen LogP contribution in [0, 0.1) is 17.3 Å². The van der Waals surface area contributed by atoms with Crippen LogP contribution in [-0.2, 0) is 30.3 Å². The zero-order chi connectivity index (χ0) is 26.8. The summed E-state index contributed by atoms with van der Waals surface area (Å²) in [5.74, 6) is -1.56. The van der Waals surface area contributed by atoms with E-state index >= 15 is 0 Å². The molecule has 2 atom stereocenters. The van der Waals surface area contributed by atoms with Gasteiger partial charge in [0.2, 0.25) is 5.91 Å². The Hall–Kier alpha value is -3.20. The second-order valence-corrected chi connectivity index (χ2v) is 10.2. The highest BCUT2D eigenvalue weighted by atomic mass is 16.5. The fourth-order valence-corrected chi connectivity index (χ4v) is 4.79. The van der Waals surface area contributed by atoms with Gasteiger partial charge in [0.15, 0.2) is 11.7 Å². The summed E-state index contributed by atoms with van der Waals surface area (Å²) in [7, 11) is 1.52. The second kappa shape index (κ2) is 13.4. The van der Waals surface area contributed by atoms with E-state index < -0.39 is 29.3 Å². The van der Waals surface area contributed by atoms with Crippen molar-refractivity contribution in [3.05, 3.63) is 42.4 Å². The van der Waals surface area contributed by atoms with Gasteiger partial charge in [-0.15, -0.1) is 0 Å². The van der Waals surface area contributed by atoms with Gasteiger partial charge in [-0.3, -0.25) is 9.59 Å². The maximum absolute atomic E-state index is 13.7. The van der Waals surface area contributed by atoms with Crippen LogP contribution in [0.15, 0.2) is 40.9 Å². The molecular formula is C28H38N2O7. The van der Waals surface area contributed by atoms with Gasteiger partial charge >= 0.3 is 11.9 Å². The Balaban J connectivity index is 1.79. The number of oxazole rings is 1. The number of hydrogen-bond donors (Lipinski definition) is 2. The molecule has 1 saturated carbocycles. The summed E-state index contributed by atoms with van der Waals surface area (Å²) in [6.45, 7) is 4.38. The Bertz CT molecular complexity index is 1030. The first-order valence-electron chi connectivity index (χ1n) is 12.9. The summed E-state index contributed by atoms with van der Waals surface area (Å²) in [5, 5.41) is 12.6. The zero-order valence-corrected chi connectivity index (χ0v) is 21.9. The Kier molecular flexibility index (Phi) is 10.3. The predicted octanol–water partition coefficient (Wildman–Crippen LogP) is 4.26. The van der Waals surface area contributed by atoms with E-state index in [0.29, 0.717) is 37.5 Å². The van der Waals surface area contributed by atoms with Crippen molar-refractivity contribution in [2.45, 2.75) is 64.8 Å². The minimum absolute atomic E-state index is 0.0254. The number of carboxylic acid groups (broad SMARTS) is 1. The number of nitrogens with one attached hydrogen (secondary N) is 1. The van der Waals surface area contributed by atoms with Crippen molar-refractivity contribution in [1.29, 1.82) is 0 Å². The largest absolute Gasteiger partial charge is 0.481 e. The van der Waals surface area contributed by atoms with Crippen molar-refractivity contribution in [3.63, 3.8) is 0 Å². The molecule has 9 nitrogen and oxygen atoms in total. The van der Waals surface area contributed by atoms with E-state index in [2.05, 4.69) is 10.3 Å². The molecule has 1 fully saturated rings. The van der Waals surface area contributed by atoms with Crippen LogP contribution in [0.5, 0.6) is 0 Å². The highest BCUT2D eigenvalue weighted by Crippen LogP contribution is 2.44. The number of carbonyl (C=O) groups is 3. The number of carboxylic acids is 1. The number of aliphatic carboxylic acids is 1. The van der Waals surface area contributed by atoms with Crippen LogP contribution >= 0.6 is 0 Å². The van der Waals surface area contributed by atoms with Crippen LogP contribution in [0.25, 0.3) is 11.3 Å². The van der Waals surface area contributed by atoms with Gasteiger partial charge in [0.05, 0.1) is 30.6 Å². The van der Waals surface area contributed by atoms with Crippen molar-refractivity contribution in [2.24, 2.45) is 17.3 Å². The molecule has 0 spiro atoms. The summed E-state index contributed by atoms with van der Waals surface area (Å²) >= 11 is 0. The van der Waals surface area contributed by atoms with Crippen molar-refractivity contribution in [3.8, 4) is 11.3 Å². The molecule has 202 valence electrons. The summed E-state index contributed by atoms with van der Waals surface area (Å²) in [4.78, 5) is 42.9. The zero-order valence-electron chi connectivity index (χ0n) is 21.9. The standard InChI is InChI=1S/C28H38N2O7/c1-19(2)18-36-26(33)22(15-24-29-17-23(37-24)20-9-5-4-6-10-20)30-27(34)28(12-7-8-13-28)16-21(25(31)32)11-14-35-3/h4-6,9-10,17,19,21-22H,7-8,11-16,18H2,1-3H3,(H,30,34)(H,31,32)/t21-,22+/m1/s1. The Morgan fingerprint density at radius 2 is 1.86 bits per heavy atom. The van der Waals surface area contributed by atoms with Gasteiger partial charge in [-0.2, -0.15) is 0 Å². The van der Waals surface area contributed by atoms with Crippen LogP contribution in [-0.4, -0.2) is 54.3 Å². The van der Waals surface area contributed by atoms with E-state index in [0.717, 1.165) is 18.4 Å². The summed E-state index contributed by atoms with van der Waals surface area (Å²) in [5.41, 5.74) is -0.0102. The van der Waals surface area contributed by atoms with Crippen molar-refractivity contribution in [2.75, 3.05) is 20.3 Å². The normalized spacial score (nSPS) is 16.3. The third kappa shape index (κ3) is 7.89. The number of carbonyl (C=O) groups excluding carboxylic acids is 2. The van der Waals surface area contributed by atoms with E-state index in [1.54, 1.807) is 6.20 Å². The average Bonchev–Trinajstić information content (AvgIpc) is 3.55. The molecule has 9 heteroatoms.